The molecule has 1 aromatic carbocycles. The van der Waals surface area contributed by atoms with Crippen LogP contribution in [0.2, 0.25) is 10.0 Å². The summed E-state index contributed by atoms with van der Waals surface area (Å²) in [5, 5.41) is 3.75. The summed E-state index contributed by atoms with van der Waals surface area (Å²) in [6.45, 7) is 1.80. The molecule has 1 N–H and O–H groups in total. The lowest BCUT2D eigenvalue weighted by Gasteiger charge is -2.59. The maximum atomic E-state index is 12.4. The SMILES string of the molecule is C[C@H](NC(=O)COC(=O)c1cc(Cl)ccc1Cl)C12CC3CC(CC(C3)C1)C2. The Balaban J connectivity index is 1.33. The molecule has 0 aliphatic heterocycles. The Hall–Kier alpha value is -1.26. The van der Waals surface area contributed by atoms with Gasteiger partial charge < -0.3 is 10.1 Å². The van der Waals surface area contributed by atoms with E-state index in [1.807, 2.05) is 0 Å². The fourth-order valence-corrected chi connectivity index (χ4v) is 6.37. The van der Waals surface area contributed by atoms with Crippen molar-refractivity contribution in [2.75, 3.05) is 6.61 Å². The van der Waals surface area contributed by atoms with Crippen LogP contribution in [0.3, 0.4) is 0 Å². The van der Waals surface area contributed by atoms with Crippen molar-refractivity contribution in [1.29, 1.82) is 0 Å². The number of benzene rings is 1. The monoisotopic (exact) mass is 409 g/mol. The van der Waals surface area contributed by atoms with Crippen LogP contribution in [0, 0.1) is 23.2 Å². The standard InChI is InChI=1S/C21H25Cl2NO3/c1-12(21-8-13-4-14(9-21)6-15(5-13)10-21)24-19(25)11-27-20(26)17-7-16(22)2-3-18(17)23/h2-3,7,12-15H,4-6,8-11H2,1H3,(H,24,25)/t12-,13?,14?,15?,21?/m0/s1. The Kier molecular flexibility index (Phi) is 5.15. The molecule has 4 fully saturated rings. The van der Waals surface area contributed by atoms with Gasteiger partial charge in [-0.25, -0.2) is 4.79 Å². The van der Waals surface area contributed by atoms with Gasteiger partial charge in [0, 0.05) is 11.1 Å². The molecule has 0 saturated heterocycles. The van der Waals surface area contributed by atoms with Gasteiger partial charge in [-0.1, -0.05) is 23.2 Å². The number of rotatable bonds is 5. The van der Waals surface area contributed by atoms with Gasteiger partial charge in [0.2, 0.25) is 0 Å². The van der Waals surface area contributed by atoms with E-state index in [1.165, 1.54) is 50.7 Å². The smallest absolute Gasteiger partial charge is 0.340 e. The van der Waals surface area contributed by atoms with Crippen molar-refractivity contribution in [3.63, 3.8) is 0 Å². The molecule has 6 heteroatoms. The summed E-state index contributed by atoms with van der Waals surface area (Å²) in [6.07, 6.45) is 7.78. The molecule has 4 bridgehead atoms. The minimum Gasteiger partial charge on any atom is -0.452 e. The molecule has 0 radical (unpaired) electrons. The molecule has 0 unspecified atom stereocenters. The zero-order valence-corrected chi connectivity index (χ0v) is 17.0. The first-order chi connectivity index (χ1) is 12.8. The molecule has 146 valence electrons. The van der Waals surface area contributed by atoms with E-state index in [2.05, 4.69) is 12.2 Å². The minimum absolute atomic E-state index is 0.104. The third-order valence-electron chi connectivity index (χ3n) is 6.86. The van der Waals surface area contributed by atoms with Crippen molar-refractivity contribution in [2.45, 2.75) is 51.5 Å². The number of esters is 1. The number of carbonyl (C=O) groups excluding carboxylic acids is 2. The molecule has 1 amide bonds. The molecule has 4 aliphatic carbocycles. The third kappa shape index (κ3) is 3.84. The Morgan fingerprint density at radius 3 is 2.33 bits per heavy atom. The number of carbonyl (C=O) groups is 2. The maximum Gasteiger partial charge on any atom is 0.340 e. The quantitative estimate of drug-likeness (QED) is 0.705. The number of nitrogens with one attached hydrogen (secondary N) is 1. The number of ether oxygens (including phenoxy) is 1. The molecule has 5 rings (SSSR count). The number of hydrogen-bond acceptors (Lipinski definition) is 3. The number of hydrogen-bond donors (Lipinski definition) is 1. The molecule has 4 aliphatic rings. The van der Waals surface area contributed by atoms with Crippen LogP contribution in [-0.4, -0.2) is 24.5 Å². The molecule has 0 spiro atoms. The second-order valence-corrected chi connectivity index (χ2v) is 9.61. The van der Waals surface area contributed by atoms with Gasteiger partial charge in [-0.2, -0.15) is 0 Å². The van der Waals surface area contributed by atoms with Crippen LogP contribution in [-0.2, 0) is 9.53 Å². The summed E-state index contributed by atoms with van der Waals surface area (Å²) < 4.78 is 5.15. The summed E-state index contributed by atoms with van der Waals surface area (Å²) in [6, 6.07) is 4.69. The summed E-state index contributed by atoms with van der Waals surface area (Å²) in [4.78, 5) is 24.6. The van der Waals surface area contributed by atoms with Crippen molar-refractivity contribution in [1.82, 2.24) is 5.32 Å². The topological polar surface area (TPSA) is 55.4 Å². The largest absolute Gasteiger partial charge is 0.452 e. The molecular weight excluding hydrogens is 385 g/mol. The van der Waals surface area contributed by atoms with Crippen molar-refractivity contribution in [2.24, 2.45) is 23.2 Å². The van der Waals surface area contributed by atoms with Crippen molar-refractivity contribution in [3.05, 3.63) is 33.8 Å². The first-order valence-corrected chi connectivity index (χ1v) is 10.5. The van der Waals surface area contributed by atoms with E-state index in [4.69, 9.17) is 27.9 Å². The first-order valence-electron chi connectivity index (χ1n) is 9.76. The lowest BCUT2D eigenvalue weighted by Crippen LogP contribution is -2.56. The van der Waals surface area contributed by atoms with E-state index in [-0.39, 0.29) is 34.6 Å². The average molecular weight is 410 g/mol. The minimum atomic E-state index is -0.639. The van der Waals surface area contributed by atoms with Gasteiger partial charge in [-0.05, 0) is 86.8 Å². The van der Waals surface area contributed by atoms with E-state index in [0.29, 0.717) is 5.02 Å². The maximum absolute atomic E-state index is 12.4. The van der Waals surface area contributed by atoms with Crippen molar-refractivity contribution >= 4 is 35.1 Å². The van der Waals surface area contributed by atoms with Gasteiger partial charge in [0.25, 0.3) is 5.91 Å². The van der Waals surface area contributed by atoms with E-state index in [1.54, 1.807) is 6.07 Å². The predicted octanol–water partition coefficient (Wildman–Crippen LogP) is 4.87. The summed E-state index contributed by atoms with van der Waals surface area (Å²) in [5.74, 6) is 1.60. The van der Waals surface area contributed by atoms with Crippen LogP contribution >= 0.6 is 23.2 Å². The average Bonchev–Trinajstić information content (AvgIpc) is 2.60. The Labute approximate surface area is 169 Å². The Morgan fingerprint density at radius 1 is 1.15 bits per heavy atom. The van der Waals surface area contributed by atoms with Crippen LogP contribution in [0.15, 0.2) is 18.2 Å². The van der Waals surface area contributed by atoms with E-state index >= 15 is 0 Å². The highest BCUT2D eigenvalue weighted by molar-refractivity contribution is 6.35. The predicted molar refractivity (Wildman–Crippen MR) is 105 cm³/mol. The van der Waals surface area contributed by atoms with Gasteiger partial charge in [-0.15, -0.1) is 0 Å². The normalized spacial score (nSPS) is 32.2. The first kappa shape index (κ1) is 19.1. The van der Waals surface area contributed by atoms with Gasteiger partial charge in [-0.3, -0.25) is 4.79 Å². The molecule has 0 heterocycles. The molecular formula is C21H25Cl2NO3. The fourth-order valence-electron chi connectivity index (χ4n) is 6.01. The van der Waals surface area contributed by atoms with E-state index in [0.717, 1.165) is 17.8 Å². The number of amides is 1. The van der Waals surface area contributed by atoms with Crippen LogP contribution in [0.5, 0.6) is 0 Å². The van der Waals surface area contributed by atoms with E-state index < -0.39 is 5.97 Å². The molecule has 27 heavy (non-hydrogen) atoms. The number of halogens is 2. The van der Waals surface area contributed by atoms with Gasteiger partial charge in [0.1, 0.15) is 0 Å². The second-order valence-electron chi connectivity index (χ2n) is 8.77. The van der Waals surface area contributed by atoms with E-state index in [9.17, 15) is 9.59 Å². The summed E-state index contributed by atoms with van der Waals surface area (Å²) in [7, 11) is 0. The van der Waals surface area contributed by atoms with Crippen molar-refractivity contribution < 1.29 is 14.3 Å². The molecule has 0 aromatic heterocycles. The Bertz CT molecular complexity index is 729. The third-order valence-corrected chi connectivity index (χ3v) is 7.43. The van der Waals surface area contributed by atoms with Gasteiger partial charge in [0.15, 0.2) is 6.61 Å². The lowest BCUT2D eigenvalue weighted by molar-refractivity contribution is -0.128. The molecule has 4 saturated carbocycles. The highest BCUT2D eigenvalue weighted by Crippen LogP contribution is 2.61. The van der Waals surface area contributed by atoms with Crippen LogP contribution in [0.1, 0.15) is 55.8 Å². The van der Waals surface area contributed by atoms with Gasteiger partial charge in [0.05, 0.1) is 10.6 Å². The summed E-state index contributed by atoms with van der Waals surface area (Å²) in [5.41, 5.74) is 0.399. The van der Waals surface area contributed by atoms with Crippen molar-refractivity contribution in [3.8, 4) is 0 Å². The zero-order chi connectivity index (χ0) is 19.2. The van der Waals surface area contributed by atoms with Gasteiger partial charge >= 0.3 is 5.97 Å². The highest BCUT2D eigenvalue weighted by Gasteiger charge is 2.53. The second kappa shape index (κ2) is 7.29. The van der Waals surface area contributed by atoms with Crippen LogP contribution < -0.4 is 5.32 Å². The summed E-state index contributed by atoms with van der Waals surface area (Å²) >= 11 is 11.9. The van der Waals surface area contributed by atoms with Crippen LogP contribution in [0.25, 0.3) is 0 Å². The molecule has 4 nitrogen and oxygen atoms in total. The zero-order valence-electron chi connectivity index (χ0n) is 15.5. The Morgan fingerprint density at radius 2 is 1.74 bits per heavy atom. The molecule has 1 atom stereocenters. The highest BCUT2D eigenvalue weighted by atomic mass is 35.5. The fraction of sp³-hybridized carbons (Fsp3) is 0.619. The lowest BCUT2D eigenvalue weighted by atomic mass is 9.48. The van der Waals surface area contributed by atoms with Crippen LogP contribution in [0.4, 0.5) is 0 Å². The molecule has 1 aromatic rings.